The predicted molar refractivity (Wildman–Crippen MR) is 119 cm³/mol. The summed E-state index contributed by atoms with van der Waals surface area (Å²) in [4.78, 5) is 91.7. The van der Waals surface area contributed by atoms with Crippen molar-refractivity contribution in [2.75, 3.05) is 26.4 Å². The molecule has 0 bridgehead atoms. The summed E-state index contributed by atoms with van der Waals surface area (Å²) in [6.07, 6.45) is -4.67. The zero-order valence-corrected chi connectivity index (χ0v) is 21.6. The SMILES string of the molecule is CC(COC(OCC(C)([N+](=O)[O-])[N+](=O)[O-])(OCC([N+](=O)[O-])([N+](=O)[O-])[N+](=O)[O-])OCC([N+](=O)[O-])([N+](=O)[O-])[N+](=O)[O-])([N+](=O)[O-])[N+](=O)[O-]. The van der Waals surface area contributed by atoms with Crippen LogP contribution in [0.5, 0.6) is 0 Å². The van der Waals surface area contributed by atoms with E-state index in [1.165, 1.54) is 0 Å². The molecule has 0 fully saturated rings. The van der Waals surface area contributed by atoms with Gasteiger partial charge < -0.3 is 0 Å². The summed E-state index contributed by atoms with van der Waals surface area (Å²) in [7, 11) is 0. The molecule has 34 heteroatoms. The third kappa shape index (κ3) is 7.26. The molecule has 0 radical (unpaired) electrons. The van der Waals surface area contributed by atoms with Crippen LogP contribution in [0.3, 0.4) is 0 Å². The number of hydrogen-bond acceptors (Lipinski definition) is 24. The van der Waals surface area contributed by atoms with E-state index < -0.39 is 105 Å². The first kappa shape index (κ1) is 38.8. The van der Waals surface area contributed by atoms with Gasteiger partial charge in [-0.05, 0) is 0 Å². The van der Waals surface area contributed by atoms with Gasteiger partial charge in [0.05, 0.1) is 13.8 Å². The summed E-state index contributed by atoms with van der Waals surface area (Å²) < 4.78 is 17.4. The number of rotatable bonds is 22. The Balaban J connectivity index is 7.64. The molecule has 0 saturated carbocycles. The fraction of sp³-hybridized carbons (Fsp3) is 1.00. The third-order valence-corrected chi connectivity index (χ3v) is 5.26. The molecule has 0 N–H and O–H groups in total. The third-order valence-electron chi connectivity index (χ3n) is 5.26. The van der Waals surface area contributed by atoms with Gasteiger partial charge in [-0.15, -0.1) is 0 Å². The van der Waals surface area contributed by atoms with E-state index in [0.717, 1.165) is 0 Å². The predicted octanol–water partition coefficient (Wildman–Crippen LogP) is -2.83. The van der Waals surface area contributed by atoms with Crippen molar-refractivity contribution in [2.45, 2.75) is 42.9 Å². The molecule has 0 aliphatic rings. The largest absolute Gasteiger partial charge is 0.723 e. The molecule has 0 rings (SSSR count). The highest BCUT2D eigenvalue weighted by molar-refractivity contribution is 4.65. The average molecular weight is 670 g/mol. The van der Waals surface area contributed by atoms with Crippen LogP contribution in [0.25, 0.3) is 0 Å². The molecule has 0 atom stereocenters. The molecule has 0 amide bonds. The van der Waals surface area contributed by atoms with Crippen LogP contribution in [0, 0.1) is 101 Å². The number of nitrogens with zero attached hydrogens (tertiary/aromatic N) is 10. The smallest absolute Gasteiger partial charge is 0.288 e. The normalized spacial score (nSPS) is 12.5. The molecule has 0 aromatic rings. The Bertz CT molecular complexity index is 1110. The lowest BCUT2D eigenvalue weighted by molar-refractivity contribution is -0.974. The lowest BCUT2D eigenvalue weighted by Gasteiger charge is -2.32. The molecule has 0 aromatic heterocycles. The van der Waals surface area contributed by atoms with E-state index in [-0.39, 0.29) is 13.8 Å². The number of nitro groups is 10. The van der Waals surface area contributed by atoms with E-state index >= 15 is 0 Å². The minimum absolute atomic E-state index is 0.0701. The molecule has 0 unspecified atom stereocenters. The minimum Gasteiger partial charge on any atom is -0.288 e. The summed E-state index contributed by atoms with van der Waals surface area (Å²) in [6.45, 7) is -9.98. The van der Waals surface area contributed by atoms with Crippen LogP contribution in [0.15, 0.2) is 0 Å². The van der Waals surface area contributed by atoms with Crippen molar-refractivity contribution in [1.82, 2.24) is 0 Å². The van der Waals surface area contributed by atoms with Crippen molar-refractivity contribution in [3.05, 3.63) is 101 Å². The Morgan fingerprint density at radius 2 is 0.533 bits per heavy atom. The van der Waals surface area contributed by atoms with Crippen LogP contribution < -0.4 is 0 Å². The topological polar surface area (TPSA) is 468 Å². The second kappa shape index (κ2) is 13.4. The first-order valence-electron chi connectivity index (χ1n) is 10.3. The Morgan fingerprint density at radius 1 is 0.356 bits per heavy atom. The van der Waals surface area contributed by atoms with Crippen LogP contribution in [0.2, 0.25) is 0 Å². The standard InChI is InChI=1S/C11H14N10O24/c1-7(12(22)23,13(24)25)3-42-11(43-4-8(2,14(26)27)15(28)29,44-5-9(16(30)31,17(32)33)18(34)35)45-6-10(19(36)37,20(38)39)21(40)41/h3-6H2,1-2H3. The van der Waals surface area contributed by atoms with Gasteiger partial charge in [-0.3, -0.25) is 120 Å². The van der Waals surface area contributed by atoms with E-state index in [1.54, 1.807) is 0 Å². The lowest BCUT2D eigenvalue weighted by Crippen LogP contribution is -2.63. The quantitative estimate of drug-likeness (QED) is 0.0636. The molecule has 34 nitrogen and oxygen atoms in total. The second-order valence-electron chi connectivity index (χ2n) is 8.21. The fourth-order valence-electron chi connectivity index (χ4n) is 2.13. The highest BCUT2D eigenvalue weighted by atomic mass is 17.0. The summed E-state index contributed by atoms with van der Waals surface area (Å²) in [5.41, 5.74) is -7.43. The van der Waals surface area contributed by atoms with E-state index in [2.05, 4.69) is 18.9 Å². The summed E-state index contributed by atoms with van der Waals surface area (Å²) in [6, 6.07) is 0. The molecule has 0 spiro atoms. The lowest BCUT2D eigenvalue weighted by atomic mass is 10.2. The molecule has 45 heavy (non-hydrogen) atoms. The number of ether oxygens (including phenoxy) is 4. The maximum absolute atomic E-state index is 11.3. The van der Waals surface area contributed by atoms with Crippen LogP contribution >= 0.6 is 0 Å². The summed E-state index contributed by atoms with van der Waals surface area (Å²) >= 11 is 0. The molecule has 0 saturated heterocycles. The van der Waals surface area contributed by atoms with Crippen LogP contribution in [-0.2, 0) is 18.9 Å². The molecule has 0 aromatic carbocycles. The Morgan fingerprint density at radius 3 is 0.689 bits per heavy atom. The van der Waals surface area contributed by atoms with Crippen molar-refractivity contribution in [3.63, 3.8) is 0 Å². The molecule has 0 heterocycles. The van der Waals surface area contributed by atoms with E-state index in [9.17, 15) is 101 Å². The molecule has 0 aliphatic carbocycles. The Kier molecular flexibility index (Phi) is 11.6. The molecular weight excluding hydrogens is 656 g/mol. The average Bonchev–Trinajstić information content (AvgIpc) is 2.88. The Labute approximate surface area is 239 Å². The van der Waals surface area contributed by atoms with Gasteiger partial charge in [0.15, 0.2) is 42.8 Å². The van der Waals surface area contributed by atoms with Gasteiger partial charge in [-0.1, -0.05) is 0 Å². The van der Waals surface area contributed by atoms with Gasteiger partial charge in [0.1, 0.15) is 19.7 Å². The van der Waals surface area contributed by atoms with E-state index in [4.69, 9.17) is 0 Å². The fourth-order valence-corrected chi connectivity index (χ4v) is 2.13. The first-order chi connectivity index (χ1) is 20.3. The van der Waals surface area contributed by atoms with Gasteiger partial charge >= 0.3 is 29.1 Å². The van der Waals surface area contributed by atoms with Gasteiger partial charge in [0.2, 0.25) is 0 Å². The van der Waals surface area contributed by atoms with E-state index in [1.807, 2.05) is 0 Å². The van der Waals surface area contributed by atoms with Crippen molar-refractivity contribution in [3.8, 4) is 0 Å². The molecular formula is C11H14N10O24. The second-order valence-corrected chi connectivity index (χ2v) is 8.21. The van der Waals surface area contributed by atoms with E-state index in [0.29, 0.717) is 0 Å². The summed E-state index contributed by atoms with van der Waals surface area (Å²) in [5, 5.41) is 113. The maximum Gasteiger partial charge on any atom is 0.723 e. The van der Waals surface area contributed by atoms with Crippen molar-refractivity contribution in [1.29, 1.82) is 0 Å². The Hall–Kier alpha value is -6.16. The van der Waals surface area contributed by atoms with Crippen molar-refractivity contribution in [2.24, 2.45) is 0 Å². The zero-order valence-electron chi connectivity index (χ0n) is 21.6. The number of hydrogen-bond donors (Lipinski definition) is 0. The minimum atomic E-state index is -4.85. The van der Waals surface area contributed by atoms with Crippen molar-refractivity contribution < 1.29 is 68.2 Å². The van der Waals surface area contributed by atoms with Crippen molar-refractivity contribution >= 4 is 0 Å². The van der Waals surface area contributed by atoms with Gasteiger partial charge in [-0.2, -0.15) is 0 Å². The zero-order chi connectivity index (χ0) is 35.9. The monoisotopic (exact) mass is 670 g/mol. The molecule has 252 valence electrons. The highest BCUT2D eigenvalue weighted by Crippen LogP contribution is 2.29. The summed E-state index contributed by atoms with van der Waals surface area (Å²) in [5.74, 6) is -9.70. The molecule has 0 aliphatic heterocycles. The first-order valence-corrected chi connectivity index (χ1v) is 10.3. The van der Waals surface area contributed by atoms with Gasteiger partial charge in [0, 0.05) is 0 Å². The van der Waals surface area contributed by atoms with Crippen LogP contribution in [0.4, 0.5) is 0 Å². The van der Waals surface area contributed by atoms with Crippen LogP contribution in [0.1, 0.15) is 13.8 Å². The maximum atomic E-state index is 11.3. The van der Waals surface area contributed by atoms with Gasteiger partial charge in [0.25, 0.3) is 13.2 Å². The van der Waals surface area contributed by atoms with Crippen LogP contribution in [-0.4, -0.2) is 105 Å². The highest BCUT2D eigenvalue weighted by Gasteiger charge is 2.75. The van der Waals surface area contributed by atoms with Gasteiger partial charge in [-0.25, -0.2) is 0 Å².